The molecule has 1 nitrogen and oxygen atoms in total. The normalized spacial score (nSPS) is 26.3. The average molecular weight is 201 g/mol. The van der Waals surface area contributed by atoms with Crippen LogP contribution in [0, 0.1) is 10.8 Å². The maximum Gasteiger partial charge on any atom is 0.0667 e. The summed E-state index contributed by atoms with van der Waals surface area (Å²) in [5.41, 5.74) is 3.94. The molecule has 1 aliphatic heterocycles. The smallest absolute Gasteiger partial charge is 0.0667 e. The van der Waals surface area contributed by atoms with Gasteiger partial charge in [-0.05, 0) is 18.6 Å². The maximum absolute atomic E-state index is 4.65. The van der Waals surface area contributed by atoms with Gasteiger partial charge in [-0.2, -0.15) is 0 Å². The second kappa shape index (κ2) is 2.94. The maximum atomic E-state index is 4.65. The zero-order chi connectivity index (χ0) is 11.3. The summed E-state index contributed by atoms with van der Waals surface area (Å²) in [6.07, 6.45) is 8.82. The SMILES string of the molecule is CC1=NC2=CC=CC(C)(C)C=C2C1(C)C. The predicted octanol–water partition coefficient (Wildman–Crippen LogP) is 3.89. The lowest BCUT2D eigenvalue weighted by atomic mass is 9.78. The van der Waals surface area contributed by atoms with E-state index in [0.717, 1.165) is 5.70 Å². The summed E-state index contributed by atoms with van der Waals surface area (Å²) < 4.78 is 0. The Bertz CT molecular complexity index is 415. The second-order valence-electron chi connectivity index (χ2n) is 5.61. The van der Waals surface area contributed by atoms with E-state index in [4.69, 9.17) is 0 Å². The third-order valence-corrected chi connectivity index (χ3v) is 3.44. The van der Waals surface area contributed by atoms with Crippen LogP contribution in [-0.4, -0.2) is 5.71 Å². The quantitative estimate of drug-likeness (QED) is 0.563. The number of hydrogen-bond donors (Lipinski definition) is 0. The largest absolute Gasteiger partial charge is 0.257 e. The molecule has 1 aliphatic carbocycles. The van der Waals surface area contributed by atoms with E-state index in [0.29, 0.717) is 0 Å². The van der Waals surface area contributed by atoms with Gasteiger partial charge in [0.2, 0.25) is 0 Å². The Morgan fingerprint density at radius 2 is 1.80 bits per heavy atom. The molecule has 0 bridgehead atoms. The van der Waals surface area contributed by atoms with Crippen LogP contribution in [0.2, 0.25) is 0 Å². The van der Waals surface area contributed by atoms with Crippen LogP contribution < -0.4 is 0 Å². The Balaban J connectivity index is 2.58. The fourth-order valence-corrected chi connectivity index (χ4v) is 2.08. The molecule has 0 N–H and O–H groups in total. The highest BCUT2D eigenvalue weighted by Gasteiger charge is 2.36. The molecule has 0 amide bonds. The Kier molecular flexibility index (Phi) is 2.04. The highest BCUT2D eigenvalue weighted by Crippen LogP contribution is 2.43. The average Bonchev–Trinajstić information content (AvgIpc) is 2.27. The Hall–Kier alpha value is -1.11. The van der Waals surface area contributed by atoms with Gasteiger partial charge in [0.05, 0.1) is 5.70 Å². The third kappa shape index (κ3) is 1.60. The molecule has 1 heteroatoms. The zero-order valence-corrected chi connectivity index (χ0v) is 10.3. The van der Waals surface area contributed by atoms with Gasteiger partial charge >= 0.3 is 0 Å². The molecular formula is C14H19N. The van der Waals surface area contributed by atoms with Crippen molar-refractivity contribution in [1.82, 2.24) is 0 Å². The van der Waals surface area contributed by atoms with E-state index >= 15 is 0 Å². The third-order valence-electron chi connectivity index (χ3n) is 3.44. The fourth-order valence-electron chi connectivity index (χ4n) is 2.08. The molecule has 0 radical (unpaired) electrons. The molecule has 0 aromatic carbocycles. The molecule has 0 unspecified atom stereocenters. The van der Waals surface area contributed by atoms with Gasteiger partial charge in [-0.3, -0.25) is 4.99 Å². The lowest BCUT2D eigenvalue weighted by molar-refractivity contribution is 0.587. The summed E-state index contributed by atoms with van der Waals surface area (Å²) in [7, 11) is 0. The molecular weight excluding hydrogens is 182 g/mol. The van der Waals surface area contributed by atoms with Crippen molar-refractivity contribution in [2.45, 2.75) is 34.6 Å². The van der Waals surface area contributed by atoms with Crippen molar-refractivity contribution >= 4 is 5.71 Å². The fraction of sp³-hybridized carbons (Fsp3) is 0.500. The van der Waals surface area contributed by atoms with Crippen molar-refractivity contribution in [2.75, 3.05) is 0 Å². The van der Waals surface area contributed by atoms with Crippen molar-refractivity contribution in [3.05, 3.63) is 35.6 Å². The first-order valence-corrected chi connectivity index (χ1v) is 5.52. The van der Waals surface area contributed by atoms with Crippen LogP contribution in [0.4, 0.5) is 0 Å². The van der Waals surface area contributed by atoms with Crippen molar-refractivity contribution in [2.24, 2.45) is 15.8 Å². The van der Waals surface area contributed by atoms with Gasteiger partial charge < -0.3 is 0 Å². The summed E-state index contributed by atoms with van der Waals surface area (Å²) in [4.78, 5) is 4.65. The standard InChI is InChI=1S/C14H19N/c1-10-14(4,5)11-9-13(2,3)8-6-7-12(11)15-10/h6-9H,1-5H3. The molecule has 80 valence electrons. The Morgan fingerprint density at radius 1 is 1.13 bits per heavy atom. The van der Waals surface area contributed by atoms with Gasteiger partial charge in [-0.1, -0.05) is 45.9 Å². The van der Waals surface area contributed by atoms with Crippen LogP contribution in [-0.2, 0) is 0 Å². The van der Waals surface area contributed by atoms with Crippen molar-refractivity contribution in [1.29, 1.82) is 0 Å². The summed E-state index contributed by atoms with van der Waals surface area (Å²) in [6.45, 7) is 11.1. The summed E-state index contributed by atoms with van der Waals surface area (Å²) in [5.74, 6) is 0. The number of hydrogen-bond acceptors (Lipinski definition) is 1. The van der Waals surface area contributed by atoms with E-state index in [1.165, 1.54) is 11.3 Å². The molecule has 0 aromatic rings. The minimum absolute atomic E-state index is 0.0924. The Labute approximate surface area is 92.3 Å². The first-order valence-electron chi connectivity index (χ1n) is 5.52. The van der Waals surface area contributed by atoms with Crippen LogP contribution in [0.25, 0.3) is 0 Å². The van der Waals surface area contributed by atoms with Gasteiger partial charge in [0.25, 0.3) is 0 Å². The minimum atomic E-state index is 0.0924. The van der Waals surface area contributed by atoms with Gasteiger partial charge in [-0.15, -0.1) is 0 Å². The Morgan fingerprint density at radius 3 is 2.47 bits per heavy atom. The highest BCUT2D eigenvalue weighted by atomic mass is 14.8. The number of fused-ring (bicyclic) bond motifs is 1. The molecule has 1 heterocycles. The number of rotatable bonds is 0. The molecule has 0 saturated heterocycles. The van der Waals surface area contributed by atoms with Crippen molar-refractivity contribution in [3.8, 4) is 0 Å². The molecule has 0 spiro atoms. The lowest BCUT2D eigenvalue weighted by Gasteiger charge is -2.24. The van der Waals surface area contributed by atoms with E-state index in [-0.39, 0.29) is 10.8 Å². The monoisotopic (exact) mass is 201 g/mol. The van der Waals surface area contributed by atoms with E-state index in [1.807, 2.05) is 0 Å². The van der Waals surface area contributed by atoms with E-state index in [1.54, 1.807) is 0 Å². The van der Waals surface area contributed by atoms with Gasteiger partial charge in [0, 0.05) is 16.5 Å². The van der Waals surface area contributed by atoms with E-state index in [2.05, 4.69) is 63.9 Å². The summed E-state index contributed by atoms with van der Waals surface area (Å²) in [5, 5.41) is 0. The summed E-state index contributed by atoms with van der Waals surface area (Å²) >= 11 is 0. The van der Waals surface area contributed by atoms with Crippen LogP contribution in [0.1, 0.15) is 34.6 Å². The molecule has 2 aliphatic rings. The van der Waals surface area contributed by atoms with E-state index in [9.17, 15) is 0 Å². The number of allylic oxidation sites excluding steroid dienone is 5. The highest BCUT2D eigenvalue weighted by molar-refractivity contribution is 5.96. The topological polar surface area (TPSA) is 12.4 Å². The number of aliphatic imine (C=N–C) groups is 1. The first-order chi connectivity index (χ1) is 6.83. The lowest BCUT2D eigenvalue weighted by Crippen LogP contribution is -2.20. The number of nitrogens with zero attached hydrogens (tertiary/aromatic N) is 1. The van der Waals surface area contributed by atoms with Gasteiger partial charge in [-0.25, -0.2) is 0 Å². The van der Waals surface area contributed by atoms with Gasteiger partial charge in [0.15, 0.2) is 0 Å². The molecule has 15 heavy (non-hydrogen) atoms. The van der Waals surface area contributed by atoms with Crippen LogP contribution in [0.15, 0.2) is 40.6 Å². The van der Waals surface area contributed by atoms with Crippen LogP contribution in [0.5, 0.6) is 0 Å². The van der Waals surface area contributed by atoms with Crippen LogP contribution in [0.3, 0.4) is 0 Å². The van der Waals surface area contributed by atoms with Crippen LogP contribution >= 0.6 is 0 Å². The van der Waals surface area contributed by atoms with Gasteiger partial charge in [0.1, 0.15) is 0 Å². The second-order valence-corrected chi connectivity index (χ2v) is 5.61. The molecule has 2 rings (SSSR count). The molecule has 0 aromatic heterocycles. The first kappa shape index (κ1) is 10.4. The molecule has 0 fully saturated rings. The van der Waals surface area contributed by atoms with E-state index < -0.39 is 0 Å². The van der Waals surface area contributed by atoms with Crippen molar-refractivity contribution in [3.63, 3.8) is 0 Å². The van der Waals surface area contributed by atoms with Crippen molar-refractivity contribution < 1.29 is 0 Å². The molecule has 0 atom stereocenters. The molecule has 0 saturated carbocycles. The zero-order valence-electron chi connectivity index (χ0n) is 10.3. The summed E-state index contributed by atoms with van der Waals surface area (Å²) in [6, 6.07) is 0. The minimum Gasteiger partial charge on any atom is -0.257 e. The predicted molar refractivity (Wildman–Crippen MR) is 66.0 cm³/mol.